The third kappa shape index (κ3) is 3.95. The van der Waals surface area contributed by atoms with Gasteiger partial charge in [-0.3, -0.25) is 9.78 Å². The third-order valence-corrected chi connectivity index (χ3v) is 6.85. The van der Waals surface area contributed by atoms with Gasteiger partial charge in [0.15, 0.2) is 5.69 Å². The Bertz CT molecular complexity index is 864. The zero-order chi connectivity index (χ0) is 21.8. The molecule has 3 aliphatic heterocycles. The highest BCUT2D eigenvalue weighted by molar-refractivity contribution is 5.79. The van der Waals surface area contributed by atoms with Crippen LogP contribution in [0, 0.1) is 11.3 Å². The molecule has 8 nitrogen and oxygen atoms in total. The molecule has 1 aliphatic carbocycles. The number of amides is 3. The topological polar surface area (TPSA) is 87.7 Å². The molecule has 0 bridgehead atoms. The van der Waals surface area contributed by atoms with Crippen LogP contribution in [-0.2, 0) is 22.1 Å². The van der Waals surface area contributed by atoms with Gasteiger partial charge < -0.3 is 19.9 Å². The summed E-state index contributed by atoms with van der Waals surface area (Å²) in [5.74, 6) is 0.213. The fraction of sp³-hybridized carbons (Fsp3) is 0.700. The molecule has 3 saturated heterocycles. The van der Waals surface area contributed by atoms with Crippen molar-refractivity contribution in [1.29, 1.82) is 0 Å². The van der Waals surface area contributed by atoms with Crippen LogP contribution in [-0.4, -0.2) is 76.6 Å². The van der Waals surface area contributed by atoms with Gasteiger partial charge in [0, 0.05) is 37.8 Å². The number of piperidine rings is 1. The van der Waals surface area contributed by atoms with E-state index in [4.69, 9.17) is 4.74 Å². The SMILES string of the molecule is O=C1COC2CCN(C(=O)N3CC4(CC(Cc5cnc(C(F)(F)F)cn5)C4)C3)CC2N1. The van der Waals surface area contributed by atoms with E-state index in [0.29, 0.717) is 50.6 Å². The van der Waals surface area contributed by atoms with Gasteiger partial charge in [0.2, 0.25) is 5.91 Å². The van der Waals surface area contributed by atoms with E-state index < -0.39 is 11.9 Å². The summed E-state index contributed by atoms with van der Waals surface area (Å²) in [4.78, 5) is 35.4. The van der Waals surface area contributed by atoms with Crippen LogP contribution in [0.2, 0.25) is 0 Å². The van der Waals surface area contributed by atoms with Crippen molar-refractivity contribution in [2.45, 2.75) is 44.0 Å². The molecule has 2 unspecified atom stereocenters. The van der Waals surface area contributed by atoms with Crippen molar-refractivity contribution in [2.75, 3.05) is 32.8 Å². The average molecular weight is 439 g/mol. The number of nitrogens with one attached hydrogen (secondary N) is 1. The second kappa shape index (κ2) is 7.32. The molecule has 3 amide bonds. The molecule has 4 fully saturated rings. The molecule has 31 heavy (non-hydrogen) atoms. The van der Waals surface area contributed by atoms with Crippen LogP contribution in [0.3, 0.4) is 0 Å². The van der Waals surface area contributed by atoms with Crippen molar-refractivity contribution in [1.82, 2.24) is 25.1 Å². The molecule has 11 heteroatoms. The van der Waals surface area contributed by atoms with E-state index >= 15 is 0 Å². The van der Waals surface area contributed by atoms with Gasteiger partial charge in [-0.05, 0) is 31.6 Å². The normalized spacial score (nSPS) is 27.9. The summed E-state index contributed by atoms with van der Waals surface area (Å²) in [6.07, 6.45) is 0.700. The van der Waals surface area contributed by atoms with Gasteiger partial charge in [-0.15, -0.1) is 0 Å². The molecule has 0 radical (unpaired) electrons. The number of nitrogens with zero attached hydrogens (tertiary/aromatic N) is 4. The number of halogens is 3. The molecule has 0 aromatic carbocycles. The zero-order valence-corrected chi connectivity index (χ0v) is 16.9. The number of aromatic nitrogens is 2. The Morgan fingerprint density at radius 2 is 2.00 bits per heavy atom. The molecule has 1 spiro atoms. The number of carbonyl (C=O) groups excluding carboxylic acids is 2. The fourth-order valence-corrected chi connectivity index (χ4v) is 5.44. The highest BCUT2D eigenvalue weighted by Gasteiger charge is 2.54. The monoisotopic (exact) mass is 439 g/mol. The number of ether oxygens (including phenoxy) is 1. The molecule has 1 aromatic heterocycles. The molecule has 5 rings (SSSR count). The van der Waals surface area contributed by atoms with Crippen molar-refractivity contribution in [3.8, 4) is 0 Å². The minimum Gasteiger partial charge on any atom is -0.366 e. The van der Waals surface area contributed by atoms with Gasteiger partial charge in [-0.2, -0.15) is 13.2 Å². The van der Waals surface area contributed by atoms with Crippen LogP contribution in [0.5, 0.6) is 0 Å². The molecule has 4 aliphatic rings. The minimum absolute atomic E-state index is 0.000883. The lowest BCUT2D eigenvalue weighted by atomic mass is 9.57. The van der Waals surface area contributed by atoms with Crippen LogP contribution >= 0.6 is 0 Å². The highest BCUT2D eigenvalue weighted by Crippen LogP contribution is 2.53. The summed E-state index contributed by atoms with van der Waals surface area (Å²) in [5.41, 5.74) is -0.280. The van der Waals surface area contributed by atoms with E-state index in [-0.39, 0.29) is 36.1 Å². The van der Waals surface area contributed by atoms with Crippen molar-refractivity contribution >= 4 is 11.9 Å². The number of morpholine rings is 1. The van der Waals surface area contributed by atoms with Crippen LogP contribution in [0.1, 0.15) is 30.7 Å². The highest BCUT2D eigenvalue weighted by atomic mass is 19.4. The Balaban J connectivity index is 1.08. The molecule has 1 saturated carbocycles. The van der Waals surface area contributed by atoms with Gasteiger partial charge >= 0.3 is 12.2 Å². The Kier molecular flexibility index (Phi) is 4.83. The smallest absolute Gasteiger partial charge is 0.366 e. The second-order valence-corrected chi connectivity index (χ2v) is 9.27. The minimum atomic E-state index is -4.47. The number of urea groups is 1. The van der Waals surface area contributed by atoms with E-state index in [2.05, 4.69) is 15.3 Å². The van der Waals surface area contributed by atoms with E-state index in [1.807, 2.05) is 4.90 Å². The lowest BCUT2D eigenvalue weighted by Crippen LogP contribution is -2.68. The summed E-state index contributed by atoms with van der Waals surface area (Å²) in [7, 11) is 0. The van der Waals surface area contributed by atoms with Gasteiger partial charge in [0.1, 0.15) is 6.61 Å². The van der Waals surface area contributed by atoms with Crippen molar-refractivity contribution in [3.63, 3.8) is 0 Å². The van der Waals surface area contributed by atoms with Crippen molar-refractivity contribution in [2.24, 2.45) is 11.3 Å². The molecule has 1 N–H and O–H groups in total. The molecular weight excluding hydrogens is 415 g/mol. The van der Waals surface area contributed by atoms with Crippen molar-refractivity contribution in [3.05, 3.63) is 23.8 Å². The first kappa shape index (κ1) is 20.5. The predicted molar refractivity (Wildman–Crippen MR) is 101 cm³/mol. The van der Waals surface area contributed by atoms with Crippen LogP contribution in [0.25, 0.3) is 0 Å². The lowest BCUT2D eigenvalue weighted by molar-refractivity contribution is -0.141. The number of hydrogen-bond acceptors (Lipinski definition) is 5. The van der Waals surface area contributed by atoms with Crippen molar-refractivity contribution < 1.29 is 27.5 Å². The number of rotatable bonds is 2. The third-order valence-electron chi connectivity index (χ3n) is 6.85. The molecular formula is C20H24F3N5O3. The number of fused-ring (bicyclic) bond motifs is 1. The number of alkyl halides is 3. The Hall–Kier alpha value is -2.43. The summed E-state index contributed by atoms with van der Waals surface area (Å²) in [6.45, 7) is 2.58. The van der Waals surface area contributed by atoms with Crippen LogP contribution in [0.15, 0.2) is 12.4 Å². The first-order valence-corrected chi connectivity index (χ1v) is 10.5. The molecule has 168 valence electrons. The summed E-state index contributed by atoms with van der Waals surface area (Å²) in [5, 5.41) is 2.91. The largest absolute Gasteiger partial charge is 0.434 e. The number of hydrogen-bond donors (Lipinski definition) is 1. The van der Waals surface area contributed by atoms with Crippen LogP contribution < -0.4 is 5.32 Å². The molecule has 4 heterocycles. The second-order valence-electron chi connectivity index (χ2n) is 9.27. The van der Waals surface area contributed by atoms with Gasteiger partial charge in [0.25, 0.3) is 0 Å². The van der Waals surface area contributed by atoms with E-state index in [1.165, 1.54) is 6.20 Å². The first-order chi connectivity index (χ1) is 14.7. The maximum absolute atomic E-state index is 12.8. The summed E-state index contributed by atoms with van der Waals surface area (Å²) < 4.78 is 43.3. The summed E-state index contributed by atoms with van der Waals surface area (Å²) >= 11 is 0. The number of likely N-dealkylation sites (tertiary alicyclic amines) is 2. The van der Waals surface area contributed by atoms with Crippen LogP contribution in [0.4, 0.5) is 18.0 Å². The lowest BCUT2D eigenvalue weighted by Gasteiger charge is -2.60. The first-order valence-electron chi connectivity index (χ1n) is 10.5. The maximum atomic E-state index is 12.8. The standard InChI is InChI=1S/C20H24F3N5O3/c21-20(22,23)16-7-24-13(6-25-16)3-12-4-19(5-12)10-28(11-19)18(30)27-2-1-15-14(8-27)26-17(29)9-31-15/h6-7,12,14-15H,1-5,8-11H2,(H,26,29). The number of carbonyl (C=O) groups is 2. The quantitative estimate of drug-likeness (QED) is 0.754. The molecule has 1 aromatic rings. The average Bonchev–Trinajstić information content (AvgIpc) is 2.67. The van der Waals surface area contributed by atoms with Gasteiger partial charge in [-0.25, -0.2) is 9.78 Å². The Morgan fingerprint density at radius 3 is 2.68 bits per heavy atom. The zero-order valence-electron chi connectivity index (χ0n) is 16.9. The summed E-state index contributed by atoms with van der Waals surface area (Å²) in [6, 6.07) is -0.145. The Labute approximate surface area is 177 Å². The van der Waals surface area contributed by atoms with E-state index in [0.717, 1.165) is 19.0 Å². The van der Waals surface area contributed by atoms with E-state index in [1.54, 1.807) is 4.90 Å². The Morgan fingerprint density at radius 1 is 1.23 bits per heavy atom. The van der Waals surface area contributed by atoms with Gasteiger partial charge in [-0.1, -0.05) is 0 Å². The predicted octanol–water partition coefficient (Wildman–Crippen LogP) is 1.46. The van der Waals surface area contributed by atoms with Gasteiger partial charge in [0.05, 0.1) is 24.0 Å². The molecule has 2 atom stereocenters. The van der Waals surface area contributed by atoms with E-state index in [9.17, 15) is 22.8 Å². The maximum Gasteiger partial charge on any atom is 0.434 e. The fourth-order valence-electron chi connectivity index (χ4n) is 5.44.